The molecule has 0 fully saturated rings. The number of ether oxygens (including phenoxy) is 1. The van der Waals surface area contributed by atoms with Gasteiger partial charge in [-0.3, -0.25) is 4.68 Å². The molecule has 2 rings (SSSR count). The van der Waals surface area contributed by atoms with E-state index in [-0.39, 0.29) is 0 Å². The van der Waals surface area contributed by atoms with Crippen LogP contribution in [0.2, 0.25) is 5.02 Å². The molecule has 0 aliphatic carbocycles. The summed E-state index contributed by atoms with van der Waals surface area (Å²) in [5.74, 6) is 0.764. The SMILES string of the molecule is COc1cc(Cl)c(C)cc1NCCc1ccnn1C. The standard InChI is InChI=1S/C14H18ClN3O/c1-10-8-13(14(19-3)9-12(10)15)16-6-4-11-5-7-17-18(11)2/h5,7-9,16H,4,6H2,1-3H3. The molecule has 0 atom stereocenters. The Balaban J connectivity index is 2.03. The van der Waals surface area contributed by atoms with Gasteiger partial charge in [0.1, 0.15) is 5.75 Å². The molecule has 0 radical (unpaired) electrons. The van der Waals surface area contributed by atoms with Crippen molar-refractivity contribution >= 4 is 17.3 Å². The van der Waals surface area contributed by atoms with Crippen molar-refractivity contribution in [1.29, 1.82) is 0 Å². The van der Waals surface area contributed by atoms with E-state index in [2.05, 4.69) is 10.4 Å². The van der Waals surface area contributed by atoms with Crippen LogP contribution in [-0.2, 0) is 13.5 Å². The van der Waals surface area contributed by atoms with Gasteiger partial charge in [-0.2, -0.15) is 5.10 Å². The minimum absolute atomic E-state index is 0.717. The Morgan fingerprint density at radius 2 is 2.21 bits per heavy atom. The molecule has 0 aliphatic heterocycles. The number of aryl methyl sites for hydroxylation is 2. The van der Waals surface area contributed by atoms with Crippen molar-refractivity contribution in [2.24, 2.45) is 7.05 Å². The van der Waals surface area contributed by atoms with Crippen LogP contribution in [0.4, 0.5) is 5.69 Å². The van der Waals surface area contributed by atoms with Crippen LogP contribution in [0.15, 0.2) is 24.4 Å². The van der Waals surface area contributed by atoms with Gasteiger partial charge < -0.3 is 10.1 Å². The second kappa shape index (κ2) is 5.97. The van der Waals surface area contributed by atoms with E-state index in [1.54, 1.807) is 7.11 Å². The lowest BCUT2D eigenvalue weighted by molar-refractivity contribution is 0.416. The minimum Gasteiger partial charge on any atom is -0.495 e. The van der Waals surface area contributed by atoms with E-state index < -0.39 is 0 Å². The molecule has 1 aromatic carbocycles. The summed E-state index contributed by atoms with van der Waals surface area (Å²) in [4.78, 5) is 0. The molecule has 0 bridgehead atoms. The van der Waals surface area contributed by atoms with Crippen molar-refractivity contribution in [1.82, 2.24) is 9.78 Å². The highest BCUT2D eigenvalue weighted by atomic mass is 35.5. The molecule has 1 N–H and O–H groups in total. The van der Waals surface area contributed by atoms with Crippen LogP contribution in [0.5, 0.6) is 5.75 Å². The number of methoxy groups -OCH3 is 1. The number of nitrogens with one attached hydrogen (secondary N) is 1. The first-order chi connectivity index (χ1) is 9.11. The van der Waals surface area contributed by atoms with Crippen LogP contribution in [0.3, 0.4) is 0 Å². The number of anilines is 1. The van der Waals surface area contributed by atoms with Gasteiger partial charge in [-0.25, -0.2) is 0 Å². The van der Waals surface area contributed by atoms with Gasteiger partial charge in [-0.05, 0) is 24.6 Å². The molecule has 0 unspecified atom stereocenters. The Labute approximate surface area is 118 Å². The Kier molecular flexibility index (Phi) is 4.32. The molecule has 1 aromatic heterocycles. The number of nitrogens with zero attached hydrogens (tertiary/aromatic N) is 2. The largest absolute Gasteiger partial charge is 0.495 e. The second-order valence-electron chi connectivity index (χ2n) is 4.42. The zero-order chi connectivity index (χ0) is 13.8. The van der Waals surface area contributed by atoms with E-state index in [1.807, 2.05) is 43.0 Å². The van der Waals surface area contributed by atoms with Crippen molar-refractivity contribution in [2.75, 3.05) is 19.0 Å². The highest BCUT2D eigenvalue weighted by molar-refractivity contribution is 6.31. The average molecular weight is 280 g/mol. The van der Waals surface area contributed by atoms with Gasteiger partial charge in [0.25, 0.3) is 0 Å². The van der Waals surface area contributed by atoms with E-state index >= 15 is 0 Å². The first-order valence-corrected chi connectivity index (χ1v) is 6.54. The lowest BCUT2D eigenvalue weighted by Gasteiger charge is -2.13. The summed E-state index contributed by atoms with van der Waals surface area (Å²) in [5, 5.41) is 8.24. The summed E-state index contributed by atoms with van der Waals surface area (Å²) in [6.07, 6.45) is 2.71. The molecule has 102 valence electrons. The quantitative estimate of drug-likeness (QED) is 0.914. The summed E-state index contributed by atoms with van der Waals surface area (Å²) in [7, 11) is 3.59. The number of benzene rings is 1. The van der Waals surface area contributed by atoms with Gasteiger partial charge in [0.15, 0.2) is 0 Å². The summed E-state index contributed by atoms with van der Waals surface area (Å²) >= 11 is 6.08. The minimum atomic E-state index is 0.717. The van der Waals surface area contributed by atoms with Gasteiger partial charge in [0.2, 0.25) is 0 Å². The molecule has 0 saturated carbocycles. The molecular formula is C14H18ClN3O. The molecule has 2 aromatic rings. The summed E-state index contributed by atoms with van der Waals surface area (Å²) in [6.45, 7) is 2.80. The van der Waals surface area contributed by atoms with Crippen molar-refractivity contribution in [3.63, 3.8) is 0 Å². The van der Waals surface area contributed by atoms with Crippen molar-refractivity contribution in [2.45, 2.75) is 13.3 Å². The molecule has 4 nitrogen and oxygen atoms in total. The molecule has 19 heavy (non-hydrogen) atoms. The first kappa shape index (κ1) is 13.7. The summed E-state index contributed by atoms with van der Waals surface area (Å²) < 4.78 is 7.21. The van der Waals surface area contributed by atoms with Gasteiger partial charge >= 0.3 is 0 Å². The fourth-order valence-electron chi connectivity index (χ4n) is 1.94. The van der Waals surface area contributed by atoms with Gasteiger partial charge in [-0.15, -0.1) is 0 Å². The fraction of sp³-hybridized carbons (Fsp3) is 0.357. The van der Waals surface area contributed by atoms with E-state index in [1.165, 1.54) is 5.69 Å². The monoisotopic (exact) mass is 279 g/mol. The lowest BCUT2D eigenvalue weighted by Crippen LogP contribution is -2.09. The predicted octanol–water partition coefficient (Wildman–Crippen LogP) is 3.05. The summed E-state index contributed by atoms with van der Waals surface area (Å²) in [6, 6.07) is 5.86. The normalized spacial score (nSPS) is 10.5. The lowest BCUT2D eigenvalue weighted by atomic mass is 10.2. The molecular weight excluding hydrogens is 262 g/mol. The average Bonchev–Trinajstić information content (AvgIpc) is 2.79. The number of halogens is 1. The maximum Gasteiger partial charge on any atom is 0.143 e. The number of rotatable bonds is 5. The Bertz CT molecular complexity index is 566. The maximum atomic E-state index is 6.08. The number of hydrogen-bond acceptors (Lipinski definition) is 3. The number of aromatic nitrogens is 2. The van der Waals surface area contributed by atoms with Crippen molar-refractivity contribution < 1.29 is 4.74 Å². The molecule has 5 heteroatoms. The van der Waals surface area contributed by atoms with Crippen LogP contribution in [0, 0.1) is 6.92 Å². The Morgan fingerprint density at radius 3 is 2.84 bits per heavy atom. The van der Waals surface area contributed by atoms with E-state index in [0.29, 0.717) is 5.02 Å². The smallest absolute Gasteiger partial charge is 0.143 e. The zero-order valence-corrected chi connectivity index (χ0v) is 12.2. The molecule has 0 saturated heterocycles. The third-order valence-electron chi connectivity index (χ3n) is 3.10. The molecule has 0 amide bonds. The van der Waals surface area contributed by atoms with Crippen LogP contribution in [-0.4, -0.2) is 23.4 Å². The van der Waals surface area contributed by atoms with E-state index in [9.17, 15) is 0 Å². The van der Waals surface area contributed by atoms with Crippen LogP contribution < -0.4 is 10.1 Å². The van der Waals surface area contributed by atoms with Crippen LogP contribution >= 0.6 is 11.6 Å². The third kappa shape index (κ3) is 3.20. The first-order valence-electron chi connectivity index (χ1n) is 6.16. The van der Waals surface area contributed by atoms with Crippen LogP contribution in [0.25, 0.3) is 0 Å². The molecule has 0 spiro atoms. The fourth-order valence-corrected chi connectivity index (χ4v) is 2.10. The highest BCUT2D eigenvalue weighted by Gasteiger charge is 2.07. The van der Waals surface area contributed by atoms with Gasteiger partial charge in [-0.1, -0.05) is 11.6 Å². The third-order valence-corrected chi connectivity index (χ3v) is 3.51. The molecule has 1 heterocycles. The Hall–Kier alpha value is -1.68. The second-order valence-corrected chi connectivity index (χ2v) is 4.83. The maximum absolute atomic E-state index is 6.08. The zero-order valence-electron chi connectivity index (χ0n) is 11.4. The van der Waals surface area contributed by atoms with Crippen molar-refractivity contribution in [3.05, 3.63) is 40.7 Å². The van der Waals surface area contributed by atoms with Gasteiger partial charge in [0.05, 0.1) is 12.8 Å². The predicted molar refractivity (Wildman–Crippen MR) is 78.1 cm³/mol. The number of hydrogen-bond donors (Lipinski definition) is 1. The highest BCUT2D eigenvalue weighted by Crippen LogP contribution is 2.30. The van der Waals surface area contributed by atoms with E-state index in [0.717, 1.165) is 30.0 Å². The van der Waals surface area contributed by atoms with E-state index in [4.69, 9.17) is 16.3 Å². The summed E-state index contributed by atoms with van der Waals surface area (Å²) in [5.41, 5.74) is 3.19. The van der Waals surface area contributed by atoms with Crippen molar-refractivity contribution in [3.8, 4) is 5.75 Å². The topological polar surface area (TPSA) is 39.1 Å². The Morgan fingerprint density at radius 1 is 1.42 bits per heavy atom. The molecule has 0 aliphatic rings. The van der Waals surface area contributed by atoms with Gasteiger partial charge in [0, 0.05) is 43.0 Å². The van der Waals surface area contributed by atoms with Crippen LogP contribution in [0.1, 0.15) is 11.3 Å².